The monoisotopic (exact) mass is 308 g/mol. The Balaban J connectivity index is 4.77. The van der Waals surface area contributed by atoms with Gasteiger partial charge in [-0.05, 0) is 18.8 Å². The zero-order valence-electron chi connectivity index (χ0n) is 12.6. The van der Waals surface area contributed by atoms with Gasteiger partial charge in [-0.3, -0.25) is 9.59 Å². The second-order valence-corrected chi connectivity index (χ2v) is 7.81. The third-order valence-electron chi connectivity index (χ3n) is 2.64. The van der Waals surface area contributed by atoms with Crippen LogP contribution in [-0.4, -0.2) is 43.7 Å². The van der Waals surface area contributed by atoms with Crippen molar-refractivity contribution < 1.29 is 23.1 Å². The summed E-state index contributed by atoms with van der Waals surface area (Å²) in [6, 6.07) is -1.26. The van der Waals surface area contributed by atoms with Crippen molar-refractivity contribution in [3.63, 3.8) is 0 Å². The van der Waals surface area contributed by atoms with Crippen molar-refractivity contribution in [2.75, 3.05) is 6.26 Å². The fourth-order valence-corrected chi connectivity index (χ4v) is 2.46. The summed E-state index contributed by atoms with van der Waals surface area (Å²) in [6.45, 7) is 6.92. The van der Waals surface area contributed by atoms with E-state index in [9.17, 15) is 18.0 Å². The molecule has 2 unspecified atom stereocenters. The van der Waals surface area contributed by atoms with Crippen molar-refractivity contribution in [3.8, 4) is 0 Å². The Labute approximate surface area is 120 Å². The molecular formula is C12H24N2O5S. The third kappa shape index (κ3) is 8.11. The van der Waals surface area contributed by atoms with Gasteiger partial charge in [0.05, 0.1) is 6.26 Å². The normalized spacial score (nSPS) is 15.4. The second-order valence-electron chi connectivity index (χ2n) is 6.03. The molecule has 0 heterocycles. The fourth-order valence-electron chi connectivity index (χ4n) is 1.58. The van der Waals surface area contributed by atoms with Gasteiger partial charge in [0.1, 0.15) is 6.04 Å². The first kappa shape index (κ1) is 18.9. The molecule has 0 aliphatic carbocycles. The zero-order valence-corrected chi connectivity index (χ0v) is 13.4. The van der Waals surface area contributed by atoms with Crippen LogP contribution >= 0.6 is 0 Å². The maximum atomic E-state index is 12.1. The predicted molar refractivity (Wildman–Crippen MR) is 75.7 cm³/mol. The zero-order chi connectivity index (χ0) is 16.1. The van der Waals surface area contributed by atoms with Gasteiger partial charge in [-0.2, -0.15) is 0 Å². The second kappa shape index (κ2) is 7.03. The number of aliphatic carboxylic acids is 1. The van der Waals surface area contributed by atoms with Gasteiger partial charge in [0, 0.05) is 12.5 Å². The Morgan fingerprint density at radius 3 is 2.10 bits per heavy atom. The van der Waals surface area contributed by atoms with E-state index < -0.39 is 33.4 Å². The highest BCUT2D eigenvalue weighted by molar-refractivity contribution is 7.88. The molecular weight excluding hydrogens is 284 g/mol. The van der Waals surface area contributed by atoms with Gasteiger partial charge in [0.2, 0.25) is 15.9 Å². The van der Waals surface area contributed by atoms with Crippen LogP contribution in [0.4, 0.5) is 0 Å². The van der Waals surface area contributed by atoms with E-state index in [0.717, 1.165) is 6.26 Å². The highest BCUT2D eigenvalue weighted by Crippen LogP contribution is 2.20. The van der Waals surface area contributed by atoms with Crippen LogP contribution in [0.1, 0.15) is 40.5 Å². The minimum atomic E-state index is -3.52. The van der Waals surface area contributed by atoms with Gasteiger partial charge in [-0.1, -0.05) is 20.8 Å². The molecule has 3 N–H and O–H groups in total. The van der Waals surface area contributed by atoms with E-state index in [-0.39, 0.29) is 18.9 Å². The van der Waals surface area contributed by atoms with Crippen LogP contribution in [-0.2, 0) is 19.6 Å². The predicted octanol–water partition coefficient (Wildman–Crippen LogP) is 0.320. The third-order valence-corrected chi connectivity index (χ3v) is 3.30. The first-order chi connectivity index (χ1) is 8.83. The summed E-state index contributed by atoms with van der Waals surface area (Å²) >= 11 is 0. The van der Waals surface area contributed by atoms with Gasteiger partial charge < -0.3 is 10.4 Å². The summed E-state index contributed by atoms with van der Waals surface area (Å²) in [5.41, 5.74) is -0.598. The summed E-state index contributed by atoms with van der Waals surface area (Å²) < 4.78 is 25.0. The Kier molecular flexibility index (Phi) is 6.63. The van der Waals surface area contributed by atoms with Crippen LogP contribution in [0, 0.1) is 5.41 Å². The van der Waals surface area contributed by atoms with Crippen LogP contribution in [0.15, 0.2) is 0 Å². The average Bonchev–Trinajstić information content (AvgIpc) is 2.20. The van der Waals surface area contributed by atoms with Crippen molar-refractivity contribution in [2.45, 2.75) is 52.6 Å². The Morgan fingerprint density at radius 1 is 1.25 bits per heavy atom. The molecule has 8 heteroatoms. The summed E-state index contributed by atoms with van der Waals surface area (Å²) in [7, 11) is -3.52. The maximum Gasteiger partial charge on any atom is 0.303 e. The van der Waals surface area contributed by atoms with E-state index in [1.54, 1.807) is 27.7 Å². The number of carbonyl (C=O) groups is 2. The van der Waals surface area contributed by atoms with E-state index in [4.69, 9.17) is 5.11 Å². The standard InChI is InChI=1S/C12H24N2O5S/c1-8(6-7-9(15)16)13-11(17)10(12(2,3)4)14-20(5,18)19/h8,10,14H,6-7H2,1-5H3,(H,13,17)(H,15,16). The SMILES string of the molecule is CC(CCC(=O)O)NC(=O)C(NS(C)(=O)=O)C(C)(C)C. The van der Waals surface area contributed by atoms with Gasteiger partial charge in [0.15, 0.2) is 0 Å². The summed E-state index contributed by atoms with van der Waals surface area (Å²) in [5, 5.41) is 11.2. The molecule has 0 rings (SSSR count). The number of nitrogens with one attached hydrogen (secondary N) is 2. The highest BCUT2D eigenvalue weighted by Gasteiger charge is 2.34. The minimum absolute atomic E-state index is 0.0544. The first-order valence-electron chi connectivity index (χ1n) is 6.32. The van der Waals surface area contributed by atoms with Crippen LogP contribution in [0.3, 0.4) is 0 Å². The highest BCUT2D eigenvalue weighted by atomic mass is 32.2. The van der Waals surface area contributed by atoms with E-state index in [0.29, 0.717) is 0 Å². The van der Waals surface area contributed by atoms with Crippen molar-refractivity contribution in [1.82, 2.24) is 10.0 Å². The summed E-state index contributed by atoms with van der Waals surface area (Å²) in [6.07, 6.45) is 1.23. The molecule has 2 atom stereocenters. The molecule has 0 saturated heterocycles. The van der Waals surface area contributed by atoms with Crippen LogP contribution in [0.5, 0.6) is 0 Å². The summed E-state index contributed by atoms with van der Waals surface area (Å²) in [5.74, 6) is -1.39. The topological polar surface area (TPSA) is 113 Å². The quantitative estimate of drug-likeness (QED) is 0.627. The van der Waals surface area contributed by atoms with Crippen molar-refractivity contribution >= 4 is 21.9 Å². The van der Waals surface area contributed by atoms with Crippen LogP contribution < -0.4 is 10.0 Å². The van der Waals surface area contributed by atoms with E-state index in [2.05, 4.69) is 10.0 Å². The Morgan fingerprint density at radius 2 is 1.75 bits per heavy atom. The lowest BCUT2D eigenvalue weighted by Crippen LogP contribution is -2.54. The number of hydrogen-bond donors (Lipinski definition) is 3. The molecule has 0 saturated carbocycles. The Bertz CT molecular complexity index is 453. The molecule has 1 amide bonds. The first-order valence-corrected chi connectivity index (χ1v) is 8.21. The van der Waals surface area contributed by atoms with Gasteiger partial charge in [-0.15, -0.1) is 0 Å². The largest absolute Gasteiger partial charge is 0.481 e. The molecule has 118 valence electrons. The lowest BCUT2D eigenvalue weighted by molar-refractivity contribution is -0.137. The van der Waals surface area contributed by atoms with Gasteiger partial charge >= 0.3 is 5.97 Å². The average molecular weight is 308 g/mol. The van der Waals surface area contributed by atoms with Crippen molar-refractivity contribution in [1.29, 1.82) is 0 Å². The number of sulfonamides is 1. The molecule has 0 bridgehead atoms. The molecule has 0 aliphatic rings. The summed E-state index contributed by atoms with van der Waals surface area (Å²) in [4.78, 5) is 22.6. The van der Waals surface area contributed by atoms with Gasteiger partial charge in [0.25, 0.3) is 0 Å². The number of hydrogen-bond acceptors (Lipinski definition) is 4. The molecule has 0 spiro atoms. The smallest absolute Gasteiger partial charge is 0.303 e. The number of amides is 1. The molecule has 0 fully saturated rings. The van der Waals surface area contributed by atoms with E-state index in [1.807, 2.05) is 0 Å². The van der Waals surface area contributed by atoms with Crippen molar-refractivity contribution in [2.24, 2.45) is 5.41 Å². The van der Waals surface area contributed by atoms with E-state index in [1.165, 1.54) is 0 Å². The number of carboxylic acids is 1. The molecule has 0 aromatic carbocycles. The maximum absolute atomic E-state index is 12.1. The fraction of sp³-hybridized carbons (Fsp3) is 0.833. The minimum Gasteiger partial charge on any atom is -0.481 e. The molecule has 0 radical (unpaired) electrons. The molecule has 7 nitrogen and oxygen atoms in total. The van der Waals surface area contributed by atoms with E-state index >= 15 is 0 Å². The molecule has 0 aromatic heterocycles. The molecule has 20 heavy (non-hydrogen) atoms. The number of carboxylic acid groups (broad SMARTS) is 1. The van der Waals surface area contributed by atoms with Gasteiger partial charge in [-0.25, -0.2) is 13.1 Å². The lowest BCUT2D eigenvalue weighted by atomic mass is 9.86. The van der Waals surface area contributed by atoms with Crippen LogP contribution in [0.25, 0.3) is 0 Å². The number of rotatable bonds is 7. The number of carbonyl (C=O) groups excluding carboxylic acids is 1. The molecule has 0 aromatic rings. The lowest BCUT2D eigenvalue weighted by Gasteiger charge is -2.30. The molecule has 0 aliphatic heterocycles. The Hall–Kier alpha value is -1.15. The van der Waals surface area contributed by atoms with Crippen LogP contribution in [0.2, 0.25) is 0 Å². The van der Waals surface area contributed by atoms with Crippen molar-refractivity contribution in [3.05, 3.63) is 0 Å².